The molecule has 8 bridgehead atoms. The van der Waals surface area contributed by atoms with Gasteiger partial charge in [0.1, 0.15) is 11.5 Å². The van der Waals surface area contributed by atoms with Crippen LogP contribution in [-0.4, -0.2) is 64.0 Å². The van der Waals surface area contributed by atoms with E-state index in [1.807, 2.05) is 97.1 Å². The zero-order valence-corrected chi connectivity index (χ0v) is 39.8. The second kappa shape index (κ2) is 20.3. The Morgan fingerprint density at radius 2 is 0.620 bits per heavy atom. The Labute approximate surface area is 416 Å². The summed E-state index contributed by atoms with van der Waals surface area (Å²) in [6, 6.07) is 46.9. The molecule has 71 heavy (non-hydrogen) atoms. The Bertz CT molecular complexity index is 3330. The van der Waals surface area contributed by atoms with Gasteiger partial charge in [0.25, 0.3) is 11.6 Å². The van der Waals surface area contributed by atoms with Crippen molar-refractivity contribution in [2.24, 2.45) is 0 Å². The van der Waals surface area contributed by atoms with Crippen molar-refractivity contribution < 1.29 is 72.0 Å². The van der Waals surface area contributed by atoms with Gasteiger partial charge in [-0.2, -0.15) is 26.3 Å². The van der Waals surface area contributed by atoms with Crippen molar-refractivity contribution in [1.82, 2.24) is 39.9 Å². The molecule has 0 saturated carbocycles. The number of ketones is 2. The van der Waals surface area contributed by atoms with Gasteiger partial charge in [-0.05, 0) is 21.5 Å². The fourth-order valence-electron chi connectivity index (χ4n) is 7.25. The number of aliphatic hydroxyl groups is 2. The Morgan fingerprint density at radius 1 is 0.380 bits per heavy atom. The zero-order valence-electron chi connectivity index (χ0n) is 36.2. The second-order valence-electron chi connectivity index (χ2n) is 15.2. The van der Waals surface area contributed by atoms with Crippen LogP contribution in [0.1, 0.15) is 11.1 Å². The molecular formula is C52H30F6HfN8O4-2. The van der Waals surface area contributed by atoms with E-state index < -0.39 is 35.4 Å². The first-order valence-electron chi connectivity index (χ1n) is 20.9. The molecule has 350 valence electrons. The number of allylic oxidation sites excluding steroid dienone is 2. The monoisotopic (exact) mass is 1120 g/mol. The minimum atomic E-state index is -4.96. The van der Waals surface area contributed by atoms with Gasteiger partial charge in [-0.15, -0.1) is 0 Å². The SMILES string of the molecule is O=C(/C=C(\O)c1ccccc1)C(F)(F)F.O=C(/C=C(\O)c1ccccc1)C(F)(F)F.[Hf].c1ccc2c(c1)-c1nc-2nc2[n-]c(nc3nc(nc4[n-]c(n1)c1ccccc41)-c1ccccc1-3)c1ccccc21. The van der Waals surface area contributed by atoms with Crippen molar-refractivity contribution in [3.8, 4) is 45.6 Å². The molecule has 0 fully saturated rings. The van der Waals surface area contributed by atoms with Crippen LogP contribution >= 0.6 is 0 Å². The molecule has 3 aromatic heterocycles. The van der Waals surface area contributed by atoms with Crippen molar-refractivity contribution in [3.63, 3.8) is 0 Å². The van der Waals surface area contributed by atoms with Gasteiger partial charge in [-0.3, -0.25) is 9.59 Å². The van der Waals surface area contributed by atoms with Crippen LogP contribution in [0.2, 0.25) is 0 Å². The molecular weight excluding hydrogens is 1090 g/mol. The van der Waals surface area contributed by atoms with Crippen LogP contribution in [0, 0.1) is 0 Å². The first-order valence-corrected chi connectivity index (χ1v) is 20.9. The van der Waals surface area contributed by atoms with Gasteiger partial charge in [0.05, 0.1) is 23.3 Å². The number of aromatic nitrogens is 8. The summed E-state index contributed by atoms with van der Waals surface area (Å²) in [5.74, 6) is -3.34. The molecule has 19 heteroatoms. The van der Waals surface area contributed by atoms with Crippen molar-refractivity contribution in [2.75, 3.05) is 0 Å². The van der Waals surface area contributed by atoms with Gasteiger partial charge < -0.3 is 40.1 Å². The fraction of sp³-hybridized carbons (Fsp3) is 0.0385. The maximum absolute atomic E-state index is 11.8. The van der Waals surface area contributed by atoms with Crippen molar-refractivity contribution in [2.45, 2.75) is 12.4 Å². The van der Waals surface area contributed by atoms with E-state index in [2.05, 4.69) is 0 Å². The normalized spacial score (nSPS) is 12.1. The summed E-state index contributed by atoms with van der Waals surface area (Å²) in [4.78, 5) is 60.2. The molecule has 0 unspecified atom stereocenters. The molecule has 0 saturated heterocycles. The van der Waals surface area contributed by atoms with E-state index in [-0.39, 0.29) is 49.1 Å². The van der Waals surface area contributed by atoms with Crippen molar-refractivity contribution in [1.29, 1.82) is 0 Å². The molecule has 5 heterocycles. The molecule has 0 aliphatic carbocycles. The average Bonchev–Trinajstić information content (AvgIpc) is 4.10. The molecule has 12 nitrogen and oxygen atoms in total. The van der Waals surface area contributed by atoms with Crippen LogP contribution in [-0.2, 0) is 35.4 Å². The van der Waals surface area contributed by atoms with Crippen LogP contribution < -0.4 is 9.97 Å². The van der Waals surface area contributed by atoms with Gasteiger partial charge in [-0.1, -0.05) is 158 Å². The van der Waals surface area contributed by atoms with Crippen LogP contribution in [0.4, 0.5) is 26.3 Å². The molecule has 0 atom stereocenters. The summed E-state index contributed by atoms with van der Waals surface area (Å²) in [7, 11) is 0. The number of alkyl halides is 6. The van der Waals surface area contributed by atoms with E-state index in [0.717, 1.165) is 43.8 Å². The number of nitrogens with zero attached hydrogens (tertiary/aromatic N) is 8. The number of hydrogen-bond donors (Lipinski definition) is 2. The van der Waals surface area contributed by atoms with Crippen molar-refractivity contribution >= 4 is 67.2 Å². The largest absolute Gasteiger partial charge is 0.507 e. The summed E-state index contributed by atoms with van der Waals surface area (Å²) in [5.41, 5.74) is 6.11. The minimum absolute atomic E-state index is 0. The van der Waals surface area contributed by atoms with E-state index in [1.165, 1.54) is 48.5 Å². The molecule has 0 radical (unpaired) electrons. The van der Waals surface area contributed by atoms with Crippen LogP contribution in [0.3, 0.4) is 0 Å². The summed E-state index contributed by atoms with van der Waals surface area (Å²) < 4.78 is 70.9. The van der Waals surface area contributed by atoms with Gasteiger partial charge in [0.2, 0.25) is 0 Å². The fourth-order valence-corrected chi connectivity index (χ4v) is 7.25. The predicted molar refractivity (Wildman–Crippen MR) is 250 cm³/mol. The predicted octanol–water partition coefficient (Wildman–Crippen LogP) is 11.6. The number of halogens is 6. The minimum Gasteiger partial charge on any atom is -0.507 e. The summed E-state index contributed by atoms with van der Waals surface area (Å²) in [6.45, 7) is 0. The molecule has 2 aliphatic heterocycles. The number of rotatable bonds is 4. The Balaban J connectivity index is 0.000000181. The maximum atomic E-state index is 11.8. The Morgan fingerprint density at radius 3 is 0.873 bits per heavy atom. The number of carbonyl (C=O) groups is 2. The third-order valence-electron chi connectivity index (χ3n) is 10.6. The smallest absolute Gasteiger partial charge is 0.454 e. The quantitative estimate of drug-likeness (QED) is 0.0738. The van der Waals surface area contributed by atoms with E-state index >= 15 is 0 Å². The standard InChI is InChI=1S/C32H16N8.2C10H7F3O2.Hf/c1-2-10-18-17(9-1)25-33-26(18)38-28-21-13-5-6-14-22(21)30(35-28)40-32-24-16-8-7-15-23(24)31(36-32)39-29-20-12-4-3-11-19(20)27(34-29)37-25;2*11-10(12,13)9(15)6-8(14)7-4-2-1-3-5-7;/h1-16H;2*1-6,14H;/q-2;;;/b;2*8-6-;. The van der Waals surface area contributed by atoms with Gasteiger partial charge in [0.15, 0.2) is 0 Å². The van der Waals surface area contributed by atoms with Crippen molar-refractivity contribution in [3.05, 3.63) is 181 Å². The molecule has 2 N–H and O–H groups in total. The first kappa shape index (κ1) is 49.0. The Kier molecular flexibility index (Phi) is 14.0. The number of benzene rings is 6. The number of carbonyl (C=O) groups excluding carboxylic acids is 2. The number of hydrogen-bond acceptors (Lipinski definition) is 10. The molecule has 6 aromatic carbocycles. The second-order valence-corrected chi connectivity index (χ2v) is 15.2. The summed E-state index contributed by atoms with van der Waals surface area (Å²) in [6.07, 6.45) is -9.59. The maximum Gasteiger partial charge on any atom is 0.454 e. The number of aliphatic hydroxyl groups excluding tert-OH is 2. The molecule has 0 spiro atoms. The summed E-state index contributed by atoms with van der Waals surface area (Å²) in [5, 5.41) is 22.0. The topological polar surface area (TPSA) is 180 Å². The van der Waals surface area contributed by atoms with Gasteiger partial charge >= 0.3 is 12.4 Å². The first-order chi connectivity index (χ1) is 33.6. The van der Waals surface area contributed by atoms with Gasteiger partial charge in [-0.25, -0.2) is 9.97 Å². The summed E-state index contributed by atoms with van der Waals surface area (Å²) >= 11 is 0. The molecule has 0 amide bonds. The van der Waals surface area contributed by atoms with E-state index in [1.54, 1.807) is 12.1 Å². The van der Waals surface area contributed by atoms with Crippen LogP contribution in [0.25, 0.3) is 101 Å². The van der Waals surface area contributed by atoms with E-state index in [4.69, 9.17) is 39.9 Å². The average molecular weight is 1120 g/mol. The van der Waals surface area contributed by atoms with E-state index in [9.17, 15) is 46.1 Å². The molecule has 9 aromatic rings. The Hall–Kier alpha value is -8.45. The van der Waals surface area contributed by atoms with Crippen LogP contribution in [0.15, 0.2) is 170 Å². The van der Waals surface area contributed by atoms with Crippen LogP contribution in [0.5, 0.6) is 0 Å². The molecule has 11 rings (SSSR count). The third-order valence-corrected chi connectivity index (χ3v) is 10.6. The zero-order chi connectivity index (χ0) is 49.2. The van der Waals surface area contributed by atoms with E-state index in [0.29, 0.717) is 45.9 Å². The molecule has 2 aliphatic rings. The number of fused-ring (bicyclic) bond motifs is 20. The van der Waals surface area contributed by atoms with Gasteiger partial charge in [0, 0.05) is 94.0 Å². The third kappa shape index (κ3) is 10.6.